The molecule has 0 saturated heterocycles. The first-order chi connectivity index (χ1) is 9.96. The van der Waals surface area contributed by atoms with Gasteiger partial charge in [-0.15, -0.1) is 0 Å². The molecule has 3 heterocycles. The van der Waals surface area contributed by atoms with Crippen molar-refractivity contribution in [3.05, 3.63) is 23.3 Å². The molecule has 6 nitrogen and oxygen atoms in total. The quantitative estimate of drug-likeness (QED) is 0.786. The fraction of sp³-hybridized carbons (Fsp3) is 0.400. The lowest BCUT2D eigenvalue weighted by Gasteiger charge is -2.34. The van der Waals surface area contributed by atoms with E-state index in [-0.39, 0.29) is 24.5 Å². The predicted octanol–water partition coefficient (Wildman–Crippen LogP) is 1.57. The Labute approximate surface area is 121 Å². The van der Waals surface area contributed by atoms with Crippen LogP contribution >= 0.6 is 0 Å². The van der Waals surface area contributed by atoms with E-state index in [0.717, 1.165) is 0 Å². The van der Waals surface area contributed by atoms with Gasteiger partial charge in [0.05, 0.1) is 11.1 Å². The summed E-state index contributed by atoms with van der Waals surface area (Å²) in [6.45, 7) is 5.70. The van der Waals surface area contributed by atoms with Crippen LogP contribution in [0.25, 0.3) is 0 Å². The van der Waals surface area contributed by atoms with Crippen molar-refractivity contribution < 1.29 is 19.1 Å². The molecule has 1 aromatic rings. The van der Waals surface area contributed by atoms with Crippen molar-refractivity contribution in [3.63, 3.8) is 0 Å². The van der Waals surface area contributed by atoms with Gasteiger partial charge < -0.3 is 9.47 Å². The third-order valence-electron chi connectivity index (χ3n) is 4.64. The molecule has 0 fully saturated rings. The van der Waals surface area contributed by atoms with Crippen molar-refractivity contribution in [3.8, 4) is 11.5 Å². The maximum atomic E-state index is 12.7. The Morgan fingerprint density at radius 1 is 1.29 bits per heavy atom. The maximum Gasteiger partial charge on any atom is 0.274 e. The van der Waals surface area contributed by atoms with Crippen LogP contribution in [0.2, 0.25) is 0 Å². The lowest BCUT2D eigenvalue weighted by molar-refractivity contribution is -0.126. The number of aliphatic imine (C=N–C) groups is 1. The summed E-state index contributed by atoms with van der Waals surface area (Å²) in [5, 5.41) is 0. The van der Waals surface area contributed by atoms with Crippen LogP contribution in [-0.2, 0) is 4.79 Å². The molecule has 0 radical (unpaired) electrons. The van der Waals surface area contributed by atoms with Crippen LogP contribution in [0.3, 0.4) is 0 Å². The van der Waals surface area contributed by atoms with Gasteiger partial charge in [-0.05, 0) is 25.0 Å². The van der Waals surface area contributed by atoms with E-state index in [9.17, 15) is 9.59 Å². The Balaban J connectivity index is 1.97. The van der Waals surface area contributed by atoms with Gasteiger partial charge in [-0.25, -0.2) is 0 Å². The minimum atomic E-state index is -0.947. The van der Waals surface area contributed by atoms with Gasteiger partial charge in [-0.2, -0.15) is 4.99 Å². The molecule has 6 heteroatoms. The second-order valence-corrected chi connectivity index (χ2v) is 5.91. The summed E-state index contributed by atoms with van der Waals surface area (Å²) < 4.78 is 10.8. The lowest BCUT2D eigenvalue weighted by Crippen LogP contribution is -2.53. The van der Waals surface area contributed by atoms with Gasteiger partial charge in [0.1, 0.15) is 5.54 Å². The standard InChI is InChI=1S/C15H14N2O4/c1-7(2)15(3)14(19)16-12-10-8(13(18)17(12)15)4-5-9-11(10)21-6-20-9/h4-5,7H,6H2,1-3H3. The summed E-state index contributed by atoms with van der Waals surface area (Å²) in [6.07, 6.45) is 0. The van der Waals surface area contributed by atoms with Crippen molar-refractivity contribution in [2.75, 3.05) is 6.79 Å². The van der Waals surface area contributed by atoms with Gasteiger partial charge in [-0.3, -0.25) is 14.5 Å². The first kappa shape index (κ1) is 12.4. The van der Waals surface area contributed by atoms with E-state index in [4.69, 9.17) is 9.47 Å². The number of rotatable bonds is 1. The molecule has 0 bridgehead atoms. The van der Waals surface area contributed by atoms with E-state index in [1.807, 2.05) is 13.8 Å². The number of amides is 2. The van der Waals surface area contributed by atoms with Gasteiger partial charge in [-0.1, -0.05) is 13.8 Å². The Hall–Kier alpha value is -2.37. The number of carbonyl (C=O) groups excluding carboxylic acids is 2. The zero-order chi connectivity index (χ0) is 14.9. The maximum absolute atomic E-state index is 12.7. The van der Waals surface area contributed by atoms with Crippen LogP contribution in [0.15, 0.2) is 17.1 Å². The highest BCUT2D eigenvalue weighted by molar-refractivity contribution is 6.31. The SMILES string of the molecule is CC(C)C1(C)C(=O)N=C2c3c(ccc4c3OCO4)C(=O)N21. The zero-order valence-corrected chi connectivity index (χ0v) is 12.0. The monoisotopic (exact) mass is 286 g/mol. The zero-order valence-electron chi connectivity index (χ0n) is 12.0. The summed E-state index contributed by atoms with van der Waals surface area (Å²) in [4.78, 5) is 30.7. The number of carbonyl (C=O) groups is 2. The molecule has 0 N–H and O–H groups in total. The van der Waals surface area contributed by atoms with Crippen molar-refractivity contribution in [1.82, 2.24) is 4.90 Å². The highest BCUT2D eigenvalue weighted by Gasteiger charge is 2.57. The summed E-state index contributed by atoms with van der Waals surface area (Å²) in [5.74, 6) is 0.931. The molecule has 1 aromatic carbocycles. The fourth-order valence-electron chi connectivity index (χ4n) is 3.05. The highest BCUT2D eigenvalue weighted by atomic mass is 16.7. The van der Waals surface area contributed by atoms with Crippen LogP contribution in [0.1, 0.15) is 36.7 Å². The summed E-state index contributed by atoms with van der Waals surface area (Å²) in [6, 6.07) is 3.42. The minimum Gasteiger partial charge on any atom is -0.454 e. The third-order valence-corrected chi connectivity index (χ3v) is 4.64. The Kier molecular flexibility index (Phi) is 2.14. The van der Waals surface area contributed by atoms with Gasteiger partial charge in [0.2, 0.25) is 6.79 Å². The van der Waals surface area contributed by atoms with Crippen LogP contribution in [0.5, 0.6) is 11.5 Å². The van der Waals surface area contributed by atoms with E-state index < -0.39 is 5.54 Å². The van der Waals surface area contributed by atoms with Crippen LogP contribution in [-0.4, -0.2) is 34.9 Å². The van der Waals surface area contributed by atoms with Crippen molar-refractivity contribution in [2.24, 2.45) is 10.9 Å². The van der Waals surface area contributed by atoms with Gasteiger partial charge in [0, 0.05) is 0 Å². The number of ether oxygens (including phenoxy) is 2. The molecule has 21 heavy (non-hydrogen) atoms. The van der Waals surface area contributed by atoms with Crippen molar-refractivity contribution in [1.29, 1.82) is 0 Å². The van der Waals surface area contributed by atoms with Gasteiger partial charge >= 0.3 is 0 Å². The summed E-state index contributed by atoms with van der Waals surface area (Å²) >= 11 is 0. The minimum absolute atomic E-state index is 0.0465. The molecule has 0 aromatic heterocycles. The molecular weight excluding hydrogens is 272 g/mol. The van der Waals surface area contributed by atoms with E-state index >= 15 is 0 Å². The topological polar surface area (TPSA) is 68.2 Å². The molecule has 3 aliphatic heterocycles. The largest absolute Gasteiger partial charge is 0.454 e. The van der Waals surface area contributed by atoms with E-state index in [2.05, 4.69) is 4.99 Å². The molecular formula is C15H14N2O4. The van der Waals surface area contributed by atoms with Crippen LogP contribution in [0.4, 0.5) is 0 Å². The van der Waals surface area contributed by atoms with Crippen LogP contribution in [0, 0.1) is 5.92 Å². The number of fused-ring (bicyclic) bond motifs is 5. The van der Waals surface area contributed by atoms with E-state index in [0.29, 0.717) is 28.5 Å². The first-order valence-electron chi connectivity index (χ1n) is 6.87. The smallest absolute Gasteiger partial charge is 0.274 e. The van der Waals surface area contributed by atoms with E-state index in [1.54, 1.807) is 19.1 Å². The number of benzene rings is 1. The molecule has 2 amide bonds. The predicted molar refractivity (Wildman–Crippen MR) is 73.5 cm³/mol. The number of amidine groups is 1. The normalized spacial score (nSPS) is 25.5. The third kappa shape index (κ3) is 1.25. The molecule has 1 unspecified atom stereocenters. The second-order valence-electron chi connectivity index (χ2n) is 5.91. The van der Waals surface area contributed by atoms with E-state index in [1.165, 1.54) is 4.90 Å². The summed E-state index contributed by atoms with van der Waals surface area (Å²) in [5.41, 5.74) is 0.141. The van der Waals surface area contributed by atoms with Gasteiger partial charge in [0.15, 0.2) is 17.3 Å². The van der Waals surface area contributed by atoms with Crippen molar-refractivity contribution >= 4 is 17.6 Å². The van der Waals surface area contributed by atoms with Crippen LogP contribution < -0.4 is 9.47 Å². The molecule has 3 aliphatic rings. The lowest BCUT2D eigenvalue weighted by atomic mass is 9.87. The Morgan fingerprint density at radius 3 is 2.76 bits per heavy atom. The Bertz CT molecular complexity index is 737. The highest BCUT2D eigenvalue weighted by Crippen LogP contribution is 2.46. The average molecular weight is 286 g/mol. The van der Waals surface area contributed by atoms with Crippen molar-refractivity contribution in [2.45, 2.75) is 26.3 Å². The number of hydrogen-bond acceptors (Lipinski definition) is 4. The molecule has 0 aliphatic carbocycles. The fourth-order valence-corrected chi connectivity index (χ4v) is 3.05. The molecule has 0 saturated carbocycles. The molecule has 4 rings (SSSR count). The second kappa shape index (κ2) is 3.63. The Morgan fingerprint density at radius 2 is 2.05 bits per heavy atom. The molecule has 0 spiro atoms. The first-order valence-corrected chi connectivity index (χ1v) is 6.87. The van der Waals surface area contributed by atoms with Gasteiger partial charge in [0.25, 0.3) is 11.8 Å². The molecule has 1 atom stereocenters. The molecule has 108 valence electrons. The summed E-state index contributed by atoms with van der Waals surface area (Å²) in [7, 11) is 0. The average Bonchev–Trinajstić information content (AvgIpc) is 3.07. The number of nitrogens with zero attached hydrogens (tertiary/aromatic N) is 2. The number of hydrogen-bond donors (Lipinski definition) is 0.